The first-order valence-corrected chi connectivity index (χ1v) is 7.63. The second kappa shape index (κ2) is 5.79. The maximum Gasteiger partial charge on any atom is 0.331 e. The monoisotopic (exact) mass is 302 g/mol. The molecule has 0 aliphatic heterocycles. The number of hydrogen-bond acceptors (Lipinski definition) is 4. The van der Waals surface area contributed by atoms with Crippen LogP contribution in [0.5, 0.6) is 0 Å². The lowest BCUT2D eigenvalue weighted by Gasteiger charge is -2.25. The highest BCUT2D eigenvalue weighted by atomic mass is 16.2. The van der Waals surface area contributed by atoms with Gasteiger partial charge in [0.25, 0.3) is 5.56 Å². The van der Waals surface area contributed by atoms with Crippen LogP contribution >= 0.6 is 0 Å². The molecule has 0 bridgehead atoms. The molecule has 2 saturated carbocycles. The number of carbonyl (C=O) groups is 1. The van der Waals surface area contributed by atoms with Crippen molar-refractivity contribution in [3.8, 4) is 6.07 Å². The van der Waals surface area contributed by atoms with E-state index in [-0.39, 0.29) is 24.1 Å². The van der Waals surface area contributed by atoms with Crippen molar-refractivity contribution in [1.29, 1.82) is 5.26 Å². The summed E-state index contributed by atoms with van der Waals surface area (Å²) in [6, 6.07) is 1.85. The smallest absolute Gasteiger partial charge is 0.331 e. The molecule has 2 aliphatic rings. The molecular weight excluding hydrogens is 284 g/mol. The van der Waals surface area contributed by atoms with Gasteiger partial charge in [0, 0.05) is 18.8 Å². The minimum atomic E-state index is -0.691. The standard InChI is InChI=1S/C15H18N4O3/c16-6-11-8-18(12-4-5-12)15(22)19(14(11)21)9-13(20)17-7-10-2-1-3-10/h8,10,12H,1-5,7,9H2,(H,17,20). The third-order valence-electron chi connectivity index (χ3n) is 4.37. The van der Waals surface area contributed by atoms with Crippen molar-refractivity contribution in [1.82, 2.24) is 14.5 Å². The summed E-state index contributed by atoms with van der Waals surface area (Å²) in [5, 5.41) is 11.8. The second-order valence-electron chi connectivity index (χ2n) is 6.07. The summed E-state index contributed by atoms with van der Waals surface area (Å²) in [6.45, 7) is 0.259. The molecule has 1 aromatic rings. The fourth-order valence-electron chi connectivity index (χ4n) is 2.61. The number of aromatic nitrogens is 2. The van der Waals surface area contributed by atoms with Gasteiger partial charge in [-0.1, -0.05) is 6.42 Å². The van der Waals surface area contributed by atoms with E-state index >= 15 is 0 Å². The number of carbonyl (C=O) groups excluding carboxylic acids is 1. The van der Waals surface area contributed by atoms with E-state index in [1.807, 2.05) is 0 Å². The molecule has 1 N–H and O–H groups in total. The first-order chi connectivity index (χ1) is 10.6. The van der Waals surface area contributed by atoms with E-state index in [0.29, 0.717) is 12.5 Å². The zero-order chi connectivity index (χ0) is 15.7. The van der Waals surface area contributed by atoms with Crippen molar-refractivity contribution in [2.45, 2.75) is 44.7 Å². The first kappa shape index (κ1) is 14.6. The molecule has 7 nitrogen and oxygen atoms in total. The average Bonchev–Trinajstić information content (AvgIpc) is 3.26. The summed E-state index contributed by atoms with van der Waals surface area (Å²) in [5.74, 6) is 0.151. The van der Waals surface area contributed by atoms with E-state index in [0.717, 1.165) is 30.3 Å². The molecule has 0 aromatic carbocycles. The fourth-order valence-corrected chi connectivity index (χ4v) is 2.61. The first-order valence-electron chi connectivity index (χ1n) is 7.63. The Kier molecular flexibility index (Phi) is 3.84. The summed E-state index contributed by atoms with van der Waals surface area (Å²) in [4.78, 5) is 36.4. The number of nitriles is 1. The third kappa shape index (κ3) is 2.82. The van der Waals surface area contributed by atoms with Crippen LogP contribution in [0.15, 0.2) is 15.8 Å². The molecule has 2 aliphatic carbocycles. The minimum Gasteiger partial charge on any atom is -0.354 e. The summed E-state index contributed by atoms with van der Waals surface area (Å²) >= 11 is 0. The highest BCUT2D eigenvalue weighted by molar-refractivity contribution is 5.75. The average molecular weight is 302 g/mol. The summed E-state index contributed by atoms with van der Waals surface area (Å²) in [7, 11) is 0. The Morgan fingerprint density at radius 1 is 1.32 bits per heavy atom. The number of rotatable bonds is 5. The maximum absolute atomic E-state index is 12.3. The van der Waals surface area contributed by atoms with Crippen LogP contribution in [0, 0.1) is 17.2 Å². The lowest BCUT2D eigenvalue weighted by atomic mass is 9.85. The Morgan fingerprint density at radius 3 is 2.59 bits per heavy atom. The Bertz CT molecular complexity index is 748. The van der Waals surface area contributed by atoms with Gasteiger partial charge in [-0.3, -0.25) is 14.2 Å². The molecule has 7 heteroatoms. The van der Waals surface area contributed by atoms with E-state index in [4.69, 9.17) is 5.26 Å². The largest absolute Gasteiger partial charge is 0.354 e. The van der Waals surface area contributed by atoms with E-state index in [2.05, 4.69) is 5.32 Å². The lowest BCUT2D eigenvalue weighted by molar-refractivity contribution is -0.122. The van der Waals surface area contributed by atoms with Gasteiger partial charge in [-0.25, -0.2) is 9.36 Å². The van der Waals surface area contributed by atoms with Crippen LogP contribution in [-0.2, 0) is 11.3 Å². The van der Waals surface area contributed by atoms with Crippen molar-refractivity contribution in [3.05, 3.63) is 32.6 Å². The Hall–Kier alpha value is -2.36. The van der Waals surface area contributed by atoms with Crippen LogP contribution < -0.4 is 16.6 Å². The molecule has 0 radical (unpaired) electrons. The number of nitrogens with one attached hydrogen (secondary N) is 1. The van der Waals surface area contributed by atoms with Crippen LogP contribution in [0.1, 0.15) is 43.7 Å². The summed E-state index contributed by atoms with van der Waals surface area (Å²) in [6.07, 6.45) is 6.44. The van der Waals surface area contributed by atoms with Crippen LogP contribution in [-0.4, -0.2) is 21.6 Å². The Balaban J connectivity index is 1.80. The molecule has 2 fully saturated rings. The normalized spacial score (nSPS) is 17.6. The molecule has 3 rings (SSSR count). The van der Waals surface area contributed by atoms with E-state index in [1.54, 1.807) is 6.07 Å². The van der Waals surface area contributed by atoms with Crippen LogP contribution in [0.3, 0.4) is 0 Å². The van der Waals surface area contributed by atoms with E-state index in [1.165, 1.54) is 17.2 Å². The van der Waals surface area contributed by atoms with Gasteiger partial charge in [0.1, 0.15) is 18.2 Å². The van der Waals surface area contributed by atoms with Gasteiger partial charge in [-0.05, 0) is 31.6 Å². The zero-order valence-electron chi connectivity index (χ0n) is 12.2. The van der Waals surface area contributed by atoms with Crippen LogP contribution in [0.2, 0.25) is 0 Å². The van der Waals surface area contributed by atoms with Crippen molar-refractivity contribution >= 4 is 5.91 Å². The van der Waals surface area contributed by atoms with Gasteiger partial charge >= 0.3 is 5.69 Å². The van der Waals surface area contributed by atoms with E-state index in [9.17, 15) is 14.4 Å². The molecule has 0 atom stereocenters. The molecule has 22 heavy (non-hydrogen) atoms. The molecule has 1 aromatic heterocycles. The predicted octanol–water partition coefficient (Wildman–Crippen LogP) is 0.133. The van der Waals surface area contributed by atoms with Gasteiger partial charge in [0.05, 0.1) is 0 Å². The quantitative estimate of drug-likeness (QED) is 0.836. The highest BCUT2D eigenvalue weighted by Gasteiger charge is 2.27. The summed E-state index contributed by atoms with van der Waals surface area (Å²) < 4.78 is 2.27. The molecule has 0 unspecified atom stereocenters. The minimum absolute atomic E-state index is 0.0458. The number of nitrogens with zero attached hydrogens (tertiary/aromatic N) is 3. The van der Waals surface area contributed by atoms with Crippen molar-refractivity contribution in [2.75, 3.05) is 6.54 Å². The van der Waals surface area contributed by atoms with Crippen molar-refractivity contribution in [2.24, 2.45) is 5.92 Å². The van der Waals surface area contributed by atoms with Crippen molar-refractivity contribution in [3.63, 3.8) is 0 Å². The van der Waals surface area contributed by atoms with Crippen molar-refractivity contribution < 1.29 is 4.79 Å². The molecule has 0 spiro atoms. The van der Waals surface area contributed by atoms with Gasteiger partial charge < -0.3 is 5.32 Å². The number of amides is 1. The van der Waals surface area contributed by atoms with Crippen LogP contribution in [0.25, 0.3) is 0 Å². The van der Waals surface area contributed by atoms with Gasteiger partial charge in [-0.15, -0.1) is 0 Å². The van der Waals surface area contributed by atoms with Gasteiger partial charge in [0.2, 0.25) is 5.91 Å². The third-order valence-corrected chi connectivity index (χ3v) is 4.37. The molecule has 0 saturated heterocycles. The molecule has 116 valence electrons. The Labute approximate surface area is 127 Å². The summed E-state index contributed by atoms with van der Waals surface area (Å²) in [5.41, 5.74) is -1.30. The topological polar surface area (TPSA) is 96.9 Å². The maximum atomic E-state index is 12.3. The zero-order valence-corrected chi connectivity index (χ0v) is 12.2. The second-order valence-corrected chi connectivity index (χ2v) is 6.07. The Morgan fingerprint density at radius 2 is 2.05 bits per heavy atom. The molecular formula is C15H18N4O3. The fraction of sp³-hybridized carbons (Fsp3) is 0.600. The predicted molar refractivity (Wildman–Crippen MR) is 78.3 cm³/mol. The highest BCUT2D eigenvalue weighted by Crippen LogP contribution is 2.33. The van der Waals surface area contributed by atoms with E-state index < -0.39 is 11.2 Å². The van der Waals surface area contributed by atoms with Gasteiger partial charge in [-0.2, -0.15) is 5.26 Å². The lowest BCUT2D eigenvalue weighted by Crippen LogP contribution is -2.45. The van der Waals surface area contributed by atoms with Gasteiger partial charge in [0.15, 0.2) is 0 Å². The van der Waals surface area contributed by atoms with Crippen LogP contribution in [0.4, 0.5) is 0 Å². The number of hydrogen-bond donors (Lipinski definition) is 1. The molecule has 1 amide bonds. The molecule has 1 heterocycles. The SMILES string of the molecule is N#Cc1cn(C2CC2)c(=O)n(CC(=O)NCC2CCC2)c1=O.